The Bertz CT molecular complexity index is 370. The molecule has 0 unspecified atom stereocenters. The van der Waals surface area contributed by atoms with Gasteiger partial charge in [-0.25, -0.2) is 0 Å². The number of hydrogen-bond acceptors (Lipinski definition) is 0. The van der Waals surface area contributed by atoms with Gasteiger partial charge in [-0.3, -0.25) is 0 Å². The van der Waals surface area contributed by atoms with Gasteiger partial charge in [-0.2, -0.15) is 0 Å². The van der Waals surface area contributed by atoms with E-state index < -0.39 is 0 Å². The van der Waals surface area contributed by atoms with E-state index in [0.29, 0.717) is 6.42 Å². The fraction of sp³-hybridized carbons (Fsp3) is 0.700. The van der Waals surface area contributed by atoms with Crippen molar-refractivity contribution in [2.24, 2.45) is 0 Å². The first-order valence-corrected chi connectivity index (χ1v) is 8.97. The summed E-state index contributed by atoms with van der Waals surface area (Å²) < 4.78 is 0. The average Bonchev–Trinajstić information content (AvgIpc) is 2.48. The van der Waals surface area contributed by atoms with Gasteiger partial charge in [0.1, 0.15) is 0 Å². The van der Waals surface area contributed by atoms with Gasteiger partial charge in [-0.15, -0.1) is 17.5 Å². The van der Waals surface area contributed by atoms with Crippen LogP contribution in [0, 0.1) is 23.7 Å². The summed E-state index contributed by atoms with van der Waals surface area (Å²) in [5.41, 5.74) is 1.47. The van der Waals surface area contributed by atoms with E-state index in [0.717, 1.165) is 25.1 Å². The van der Waals surface area contributed by atoms with Gasteiger partial charge < -0.3 is 0 Å². The molecule has 0 N–H and O–H groups in total. The van der Waals surface area contributed by atoms with Gasteiger partial charge in [0.15, 0.2) is 0 Å². The van der Waals surface area contributed by atoms with E-state index in [-0.39, 0.29) is 0 Å². The molecule has 0 saturated heterocycles. The summed E-state index contributed by atoms with van der Waals surface area (Å²) in [5, 5.41) is 0. The van der Waals surface area contributed by atoms with E-state index in [1.165, 1.54) is 50.5 Å². The van der Waals surface area contributed by atoms with Crippen LogP contribution in [0.4, 0.5) is 0 Å². The van der Waals surface area contributed by atoms with E-state index in [2.05, 4.69) is 43.6 Å². The molecule has 0 aliphatic rings. The molecule has 0 aliphatic heterocycles. The Morgan fingerprint density at radius 3 is 2.43 bits per heavy atom. The summed E-state index contributed by atoms with van der Waals surface area (Å²) >= 11 is 5.63. The van der Waals surface area contributed by atoms with Crippen molar-refractivity contribution in [2.45, 2.75) is 84.5 Å². The fourth-order valence-corrected chi connectivity index (χ4v) is 2.16. The zero-order valence-corrected chi connectivity index (χ0v) is 14.7. The lowest BCUT2D eigenvalue weighted by atomic mass is 10.1. The van der Waals surface area contributed by atoms with E-state index in [1.807, 2.05) is 0 Å². The predicted octanol–water partition coefficient (Wildman–Crippen LogP) is 6.49. The van der Waals surface area contributed by atoms with Gasteiger partial charge in [-0.1, -0.05) is 62.0 Å². The number of allylic oxidation sites excluding steroid dienone is 2. The second kappa shape index (κ2) is 17.2. The molecule has 0 heterocycles. The number of rotatable bonds is 10. The third-order valence-corrected chi connectivity index (χ3v) is 3.61. The van der Waals surface area contributed by atoms with Crippen molar-refractivity contribution >= 4 is 11.6 Å². The van der Waals surface area contributed by atoms with Gasteiger partial charge in [0.05, 0.1) is 6.42 Å². The topological polar surface area (TPSA) is 0 Å². The highest BCUT2D eigenvalue weighted by molar-refractivity contribution is 6.17. The normalized spacial score (nSPS) is 10.5. The van der Waals surface area contributed by atoms with Crippen LogP contribution in [0.1, 0.15) is 84.5 Å². The molecule has 0 fully saturated rings. The van der Waals surface area contributed by atoms with Gasteiger partial charge >= 0.3 is 0 Å². The monoisotopic (exact) mass is 306 g/mol. The minimum absolute atomic E-state index is 0.713. The maximum atomic E-state index is 5.63. The molecule has 0 amide bonds. The first kappa shape index (κ1) is 20.1. The molecule has 0 aromatic rings. The summed E-state index contributed by atoms with van der Waals surface area (Å²) in [6, 6.07) is 0. The van der Waals surface area contributed by atoms with E-state index in [1.54, 1.807) is 0 Å². The van der Waals surface area contributed by atoms with Gasteiger partial charge in [-0.05, 0) is 32.6 Å². The molecular weight excluding hydrogens is 276 g/mol. The Labute approximate surface area is 137 Å². The highest BCUT2D eigenvalue weighted by Crippen LogP contribution is 2.08. The Hall–Kier alpha value is -0.850. The standard InChI is InChI=1S/C20H31Cl/c1-3-4-14-17-20(2)18-15-12-10-8-6-5-7-9-11-13-16-19-21/h18H,3-4,7-9,11,13-17,19H2,1-2H3. The molecule has 0 aliphatic carbocycles. The zero-order valence-electron chi connectivity index (χ0n) is 13.9. The molecule has 21 heavy (non-hydrogen) atoms. The number of unbranched alkanes of at least 4 members (excludes halogenated alkanes) is 6. The molecule has 0 bridgehead atoms. The minimum atomic E-state index is 0.713. The Balaban J connectivity index is 3.54. The lowest BCUT2D eigenvalue weighted by Crippen LogP contribution is -1.78. The van der Waals surface area contributed by atoms with Crippen LogP contribution in [-0.2, 0) is 0 Å². The van der Waals surface area contributed by atoms with Crippen LogP contribution in [-0.4, -0.2) is 5.88 Å². The molecular formula is C20H31Cl. The van der Waals surface area contributed by atoms with Crippen molar-refractivity contribution in [3.63, 3.8) is 0 Å². The maximum Gasteiger partial charge on any atom is 0.0702 e. The summed E-state index contributed by atoms with van der Waals surface area (Å²) in [5.74, 6) is 13.4. The van der Waals surface area contributed by atoms with Gasteiger partial charge in [0, 0.05) is 18.7 Å². The van der Waals surface area contributed by atoms with E-state index in [9.17, 15) is 0 Å². The average molecular weight is 307 g/mol. The smallest absolute Gasteiger partial charge is 0.0702 e. The zero-order chi connectivity index (χ0) is 15.6. The summed E-state index contributed by atoms with van der Waals surface area (Å²) in [6.45, 7) is 4.45. The largest absolute Gasteiger partial charge is 0.127 e. The van der Waals surface area contributed by atoms with Crippen LogP contribution in [0.2, 0.25) is 0 Å². The van der Waals surface area contributed by atoms with E-state index >= 15 is 0 Å². The Kier molecular flexibility index (Phi) is 16.5. The van der Waals surface area contributed by atoms with Crippen LogP contribution < -0.4 is 0 Å². The molecule has 0 aromatic carbocycles. The summed E-state index contributed by atoms with van der Waals surface area (Å²) in [4.78, 5) is 0. The molecule has 0 radical (unpaired) electrons. The highest BCUT2D eigenvalue weighted by Gasteiger charge is 1.89. The van der Waals surface area contributed by atoms with Crippen molar-refractivity contribution in [1.82, 2.24) is 0 Å². The number of halogens is 1. The van der Waals surface area contributed by atoms with Gasteiger partial charge in [0.2, 0.25) is 0 Å². The molecule has 118 valence electrons. The highest BCUT2D eigenvalue weighted by atomic mass is 35.5. The van der Waals surface area contributed by atoms with Crippen molar-refractivity contribution in [3.8, 4) is 23.7 Å². The number of alkyl halides is 1. The van der Waals surface area contributed by atoms with Crippen molar-refractivity contribution in [3.05, 3.63) is 11.6 Å². The Morgan fingerprint density at radius 1 is 0.905 bits per heavy atom. The second-order valence-electron chi connectivity index (χ2n) is 5.45. The SMILES string of the molecule is CCCCCC(C)=CCC#CCC#CCCCCCCCl. The van der Waals surface area contributed by atoms with Crippen molar-refractivity contribution < 1.29 is 0 Å². The predicted molar refractivity (Wildman–Crippen MR) is 96.5 cm³/mol. The maximum absolute atomic E-state index is 5.63. The van der Waals surface area contributed by atoms with Crippen LogP contribution >= 0.6 is 11.6 Å². The van der Waals surface area contributed by atoms with Crippen molar-refractivity contribution in [1.29, 1.82) is 0 Å². The Morgan fingerprint density at radius 2 is 1.67 bits per heavy atom. The molecule has 0 spiro atoms. The third kappa shape index (κ3) is 17.1. The quantitative estimate of drug-likeness (QED) is 0.187. The molecule has 0 rings (SSSR count). The van der Waals surface area contributed by atoms with Gasteiger partial charge in [0.25, 0.3) is 0 Å². The van der Waals surface area contributed by atoms with Crippen LogP contribution in [0.3, 0.4) is 0 Å². The van der Waals surface area contributed by atoms with Crippen LogP contribution in [0.25, 0.3) is 0 Å². The first-order chi connectivity index (χ1) is 10.3. The third-order valence-electron chi connectivity index (χ3n) is 3.34. The minimum Gasteiger partial charge on any atom is -0.127 e. The molecule has 1 heteroatoms. The van der Waals surface area contributed by atoms with E-state index in [4.69, 9.17) is 11.6 Å². The van der Waals surface area contributed by atoms with Crippen molar-refractivity contribution in [2.75, 3.05) is 5.88 Å². The number of hydrogen-bond donors (Lipinski definition) is 0. The lowest BCUT2D eigenvalue weighted by molar-refractivity contribution is 0.682. The van der Waals surface area contributed by atoms with Crippen LogP contribution in [0.5, 0.6) is 0 Å². The fourth-order valence-electron chi connectivity index (χ4n) is 1.97. The van der Waals surface area contributed by atoms with Crippen LogP contribution in [0.15, 0.2) is 11.6 Å². The molecule has 0 nitrogen and oxygen atoms in total. The summed E-state index contributed by atoms with van der Waals surface area (Å²) in [7, 11) is 0. The first-order valence-electron chi connectivity index (χ1n) is 8.44. The second-order valence-corrected chi connectivity index (χ2v) is 5.83. The lowest BCUT2D eigenvalue weighted by Gasteiger charge is -1.98. The molecule has 0 atom stereocenters. The molecule has 0 saturated carbocycles. The molecule has 0 aromatic heterocycles. The summed E-state index contributed by atoms with van der Waals surface area (Å²) in [6.07, 6.45) is 14.8.